The van der Waals surface area contributed by atoms with Gasteiger partial charge in [-0.3, -0.25) is 4.79 Å². The number of hydrogen-bond donors (Lipinski definition) is 0. The first kappa shape index (κ1) is 12.3. The van der Waals surface area contributed by atoms with Gasteiger partial charge in [0.1, 0.15) is 11.6 Å². The molecule has 0 aromatic heterocycles. The van der Waals surface area contributed by atoms with Crippen LogP contribution in [0.25, 0.3) is 0 Å². The molecule has 0 unspecified atom stereocenters. The Morgan fingerprint density at radius 3 is 2.44 bits per heavy atom. The van der Waals surface area contributed by atoms with Gasteiger partial charge in [0, 0.05) is 5.56 Å². The van der Waals surface area contributed by atoms with Crippen LogP contribution < -0.4 is 4.74 Å². The summed E-state index contributed by atoms with van der Waals surface area (Å²) in [6.07, 6.45) is 0. The molecule has 0 saturated heterocycles. The number of carbonyl (C=O) groups excluding carboxylic acids is 1. The number of rotatable bonds is 4. The summed E-state index contributed by atoms with van der Waals surface area (Å²) in [5.41, 5.74) is 1.57. The maximum absolute atomic E-state index is 12.7. The van der Waals surface area contributed by atoms with Gasteiger partial charge in [-0.1, -0.05) is 24.3 Å². The summed E-state index contributed by atoms with van der Waals surface area (Å²) in [4.78, 5) is 11.9. The lowest BCUT2D eigenvalue weighted by atomic mass is 10.1. The first-order valence-corrected chi connectivity index (χ1v) is 5.64. The molecule has 18 heavy (non-hydrogen) atoms. The molecule has 0 aliphatic heterocycles. The first-order valence-electron chi connectivity index (χ1n) is 5.64. The molecule has 0 spiro atoms. The third kappa shape index (κ3) is 2.94. The van der Waals surface area contributed by atoms with E-state index in [1.807, 2.05) is 25.1 Å². The fourth-order valence-electron chi connectivity index (χ4n) is 1.64. The van der Waals surface area contributed by atoms with E-state index in [1.165, 1.54) is 24.3 Å². The van der Waals surface area contributed by atoms with Crippen molar-refractivity contribution in [2.24, 2.45) is 0 Å². The summed E-state index contributed by atoms with van der Waals surface area (Å²) in [6.45, 7) is 1.83. The Morgan fingerprint density at radius 1 is 1.11 bits per heavy atom. The molecule has 0 N–H and O–H groups in total. The minimum atomic E-state index is -0.326. The molecular weight excluding hydrogens is 231 g/mol. The van der Waals surface area contributed by atoms with Gasteiger partial charge in [0.2, 0.25) is 0 Å². The molecule has 3 heteroatoms. The second-order valence-corrected chi connectivity index (χ2v) is 3.98. The second kappa shape index (κ2) is 5.45. The van der Waals surface area contributed by atoms with E-state index < -0.39 is 0 Å². The van der Waals surface area contributed by atoms with Crippen LogP contribution in [-0.4, -0.2) is 12.4 Å². The van der Waals surface area contributed by atoms with Crippen molar-refractivity contribution >= 4 is 5.78 Å². The van der Waals surface area contributed by atoms with Crippen LogP contribution in [0.5, 0.6) is 5.75 Å². The second-order valence-electron chi connectivity index (χ2n) is 3.98. The van der Waals surface area contributed by atoms with Crippen molar-refractivity contribution in [2.75, 3.05) is 6.61 Å². The average molecular weight is 244 g/mol. The fourth-order valence-corrected chi connectivity index (χ4v) is 1.64. The number of hydrogen-bond acceptors (Lipinski definition) is 2. The van der Waals surface area contributed by atoms with Crippen molar-refractivity contribution in [3.05, 3.63) is 65.5 Å². The molecule has 0 aliphatic rings. The summed E-state index contributed by atoms with van der Waals surface area (Å²) in [7, 11) is 0. The van der Waals surface area contributed by atoms with Gasteiger partial charge in [-0.15, -0.1) is 0 Å². The molecule has 2 aromatic rings. The Kier molecular flexibility index (Phi) is 3.72. The fraction of sp³-hybridized carbons (Fsp3) is 0.133. The van der Waals surface area contributed by atoms with E-state index in [0.717, 1.165) is 5.56 Å². The maximum atomic E-state index is 12.7. The molecule has 2 aromatic carbocycles. The topological polar surface area (TPSA) is 26.3 Å². The predicted molar refractivity (Wildman–Crippen MR) is 67.4 cm³/mol. The highest BCUT2D eigenvalue weighted by molar-refractivity contribution is 5.98. The Hall–Kier alpha value is -2.16. The number of ketones is 1. The van der Waals surface area contributed by atoms with Crippen LogP contribution in [0, 0.1) is 12.7 Å². The molecule has 0 amide bonds. The molecule has 2 rings (SSSR count). The highest BCUT2D eigenvalue weighted by atomic mass is 19.1. The van der Waals surface area contributed by atoms with Crippen LogP contribution in [0.3, 0.4) is 0 Å². The van der Waals surface area contributed by atoms with Gasteiger partial charge in [0.15, 0.2) is 12.4 Å². The molecule has 0 atom stereocenters. The highest BCUT2D eigenvalue weighted by Gasteiger charge is 2.09. The summed E-state index contributed by atoms with van der Waals surface area (Å²) in [5.74, 6) is 0.0725. The van der Waals surface area contributed by atoms with Crippen LogP contribution in [0.15, 0.2) is 48.5 Å². The van der Waals surface area contributed by atoms with Crippen molar-refractivity contribution in [2.45, 2.75) is 6.92 Å². The molecule has 92 valence electrons. The minimum Gasteiger partial charge on any atom is -0.485 e. The van der Waals surface area contributed by atoms with Gasteiger partial charge in [0.25, 0.3) is 0 Å². The Bertz CT molecular complexity index is 547. The van der Waals surface area contributed by atoms with Gasteiger partial charge in [-0.25, -0.2) is 4.39 Å². The van der Waals surface area contributed by atoms with Crippen LogP contribution in [0.1, 0.15) is 15.9 Å². The van der Waals surface area contributed by atoms with Crippen LogP contribution in [0.2, 0.25) is 0 Å². The van der Waals surface area contributed by atoms with E-state index in [0.29, 0.717) is 11.3 Å². The zero-order valence-electron chi connectivity index (χ0n) is 10.0. The van der Waals surface area contributed by atoms with E-state index in [4.69, 9.17) is 4.74 Å². The van der Waals surface area contributed by atoms with Gasteiger partial charge >= 0.3 is 0 Å². The molecule has 0 heterocycles. The van der Waals surface area contributed by atoms with Gasteiger partial charge in [-0.05, 0) is 36.8 Å². The Labute approximate surface area is 105 Å². The van der Waals surface area contributed by atoms with Crippen molar-refractivity contribution in [3.63, 3.8) is 0 Å². The number of aryl methyl sites for hydroxylation is 1. The van der Waals surface area contributed by atoms with Crippen LogP contribution in [-0.2, 0) is 0 Å². The zero-order valence-corrected chi connectivity index (χ0v) is 10.0. The van der Waals surface area contributed by atoms with Gasteiger partial charge < -0.3 is 4.74 Å². The summed E-state index contributed by atoms with van der Waals surface area (Å²) in [6, 6.07) is 12.9. The molecule has 2 nitrogen and oxygen atoms in total. The summed E-state index contributed by atoms with van der Waals surface area (Å²) in [5, 5.41) is 0. The van der Waals surface area contributed by atoms with E-state index in [1.54, 1.807) is 6.07 Å². The van der Waals surface area contributed by atoms with Gasteiger partial charge in [0.05, 0.1) is 0 Å². The third-order valence-corrected chi connectivity index (χ3v) is 2.63. The normalized spacial score (nSPS) is 10.1. The van der Waals surface area contributed by atoms with Crippen molar-refractivity contribution in [1.29, 1.82) is 0 Å². The minimum absolute atomic E-state index is 0.0452. The highest BCUT2D eigenvalue weighted by Crippen LogP contribution is 2.13. The number of carbonyl (C=O) groups is 1. The Balaban J connectivity index is 2.01. The first-order chi connectivity index (χ1) is 8.66. The quantitative estimate of drug-likeness (QED) is 0.770. The van der Waals surface area contributed by atoms with E-state index in [-0.39, 0.29) is 18.2 Å². The predicted octanol–water partition coefficient (Wildman–Crippen LogP) is 3.40. The molecule has 0 aliphatic carbocycles. The Morgan fingerprint density at radius 2 is 1.78 bits per heavy atom. The number of Topliss-reactive ketones (excluding diaryl/α,β-unsaturated/α-hetero) is 1. The number of halogens is 1. The molecule has 0 saturated carbocycles. The van der Waals surface area contributed by atoms with Crippen molar-refractivity contribution in [1.82, 2.24) is 0 Å². The van der Waals surface area contributed by atoms with Gasteiger partial charge in [-0.2, -0.15) is 0 Å². The largest absolute Gasteiger partial charge is 0.485 e. The lowest BCUT2D eigenvalue weighted by Crippen LogP contribution is -2.12. The average Bonchev–Trinajstić information content (AvgIpc) is 2.38. The molecule has 0 radical (unpaired) electrons. The zero-order chi connectivity index (χ0) is 13.0. The van der Waals surface area contributed by atoms with Crippen LogP contribution >= 0.6 is 0 Å². The summed E-state index contributed by atoms with van der Waals surface area (Å²) >= 11 is 0. The molecule has 0 bridgehead atoms. The lowest BCUT2D eigenvalue weighted by molar-refractivity contribution is 0.0921. The van der Waals surface area contributed by atoms with E-state index in [2.05, 4.69) is 0 Å². The monoisotopic (exact) mass is 244 g/mol. The maximum Gasteiger partial charge on any atom is 0.200 e. The summed E-state index contributed by atoms with van der Waals surface area (Å²) < 4.78 is 18.0. The number of ether oxygens (including phenoxy) is 1. The van der Waals surface area contributed by atoms with Crippen molar-refractivity contribution < 1.29 is 13.9 Å². The third-order valence-electron chi connectivity index (χ3n) is 2.63. The standard InChI is InChI=1S/C15H13FO2/c1-11-4-2-3-5-14(11)15(17)10-18-13-8-6-12(16)7-9-13/h2-9H,10H2,1H3. The van der Waals surface area contributed by atoms with E-state index >= 15 is 0 Å². The smallest absolute Gasteiger partial charge is 0.200 e. The van der Waals surface area contributed by atoms with Crippen molar-refractivity contribution in [3.8, 4) is 5.75 Å². The molecule has 0 fully saturated rings. The van der Waals surface area contributed by atoms with Crippen LogP contribution in [0.4, 0.5) is 4.39 Å². The SMILES string of the molecule is Cc1ccccc1C(=O)COc1ccc(F)cc1. The lowest BCUT2D eigenvalue weighted by Gasteiger charge is -2.07. The molecular formula is C15H13FO2. The van der Waals surface area contributed by atoms with E-state index in [9.17, 15) is 9.18 Å². The number of benzene rings is 2.